The number of nitrogens with one attached hydrogen (secondary N) is 1. The number of imidazole rings is 1. The molecule has 5 nitrogen and oxygen atoms in total. The zero-order valence-corrected chi connectivity index (χ0v) is 12.7. The molecule has 0 unspecified atom stereocenters. The van der Waals surface area contributed by atoms with Gasteiger partial charge < -0.3 is 15.0 Å². The Morgan fingerprint density at radius 1 is 1.13 bits per heavy atom. The number of hydrogen-bond donors (Lipinski definition) is 2. The molecule has 0 radical (unpaired) electrons. The summed E-state index contributed by atoms with van der Waals surface area (Å²) < 4.78 is 2.04. The third-order valence-electron chi connectivity index (χ3n) is 3.47. The molecule has 3 rings (SSSR count). The molecule has 116 valence electrons. The highest BCUT2D eigenvalue weighted by molar-refractivity contribution is 5.88. The van der Waals surface area contributed by atoms with E-state index in [-0.39, 0.29) is 11.7 Å². The number of amides is 1. The van der Waals surface area contributed by atoms with Crippen LogP contribution < -0.4 is 5.32 Å². The summed E-state index contributed by atoms with van der Waals surface area (Å²) in [6.45, 7) is 2.15. The minimum absolute atomic E-state index is 0.0911. The van der Waals surface area contributed by atoms with Gasteiger partial charge in [0.05, 0.1) is 0 Å². The molecule has 3 aromatic rings. The number of anilines is 1. The molecule has 2 aromatic carbocycles. The monoisotopic (exact) mass is 307 g/mol. The number of carbonyl (C=O) groups excluding carboxylic acids is 1. The fourth-order valence-electron chi connectivity index (χ4n) is 2.40. The first kappa shape index (κ1) is 14.8. The first-order chi connectivity index (χ1) is 11.1. The molecule has 23 heavy (non-hydrogen) atoms. The molecule has 0 fully saturated rings. The van der Waals surface area contributed by atoms with Crippen molar-refractivity contribution in [3.05, 3.63) is 66.5 Å². The Labute approximate surface area is 134 Å². The Balaban J connectivity index is 1.82. The van der Waals surface area contributed by atoms with Gasteiger partial charge in [-0.3, -0.25) is 4.79 Å². The smallest absolute Gasteiger partial charge is 0.221 e. The molecule has 5 heteroatoms. The van der Waals surface area contributed by atoms with Crippen LogP contribution in [0.2, 0.25) is 0 Å². The minimum atomic E-state index is -0.0911. The largest absolute Gasteiger partial charge is 0.508 e. The number of nitrogens with zero attached hydrogens (tertiary/aromatic N) is 2. The van der Waals surface area contributed by atoms with Crippen LogP contribution in [0.1, 0.15) is 12.5 Å². The van der Waals surface area contributed by atoms with Gasteiger partial charge in [0.1, 0.15) is 11.6 Å². The number of hydrogen-bond acceptors (Lipinski definition) is 3. The van der Waals surface area contributed by atoms with Gasteiger partial charge in [-0.15, -0.1) is 0 Å². The predicted molar refractivity (Wildman–Crippen MR) is 89.2 cm³/mol. The van der Waals surface area contributed by atoms with Gasteiger partial charge in [0.15, 0.2) is 0 Å². The van der Waals surface area contributed by atoms with Gasteiger partial charge in [-0.1, -0.05) is 12.1 Å². The van der Waals surface area contributed by atoms with Crippen molar-refractivity contribution < 1.29 is 9.90 Å². The Bertz CT molecular complexity index is 805. The molecule has 0 bridgehead atoms. The van der Waals surface area contributed by atoms with Crippen LogP contribution in [0.5, 0.6) is 5.75 Å². The van der Waals surface area contributed by atoms with Crippen LogP contribution in [-0.2, 0) is 11.3 Å². The number of rotatable bonds is 4. The second-order valence-electron chi connectivity index (χ2n) is 5.30. The van der Waals surface area contributed by atoms with Gasteiger partial charge >= 0.3 is 0 Å². The molecule has 1 aromatic heterocycles. The van der Waals surface area contributed by atoms with Gasteiger partial charge in [0, 0.05) is 37.1 Å². The van der Waals surface area contributed by atoms with Crippen LogP contribution >= 0.6 is 0 Å². The fraction of sp³-hybridized carbons (Fsp3) is 0.111. The molecule has 1 amide bonds. The summed E-state index contributed by atoms with van der Waals surface area (Å²) in [7, 11) is 0. The Kier molecular flexibility index (Phi) is 4.10. The highest BCUT2D eigenvalue weighted by Crippen LogP contribution is 2.21. The van der Waals surface area contributed by atoms with Crippen molar-refractivity contribution in [2.75, 3.05) is 5.32 Å². The number of aromatic hydroxyl groups is 1. The average molecular weight is 307 g/mol. The molecule has 0 saturated carbocycles. The van der Waals surface area contributed by atoms with Crippen LogP contribution in [-0.4, -0.2) is 20.6 Å². The molecular weight excluding hydrogens is 290 g/mol. The van der Waals surface area contributed by atoms with E-state index in [4.69, 9.17) is 0 Å². The maximum atomic E-state index is 11.1. The molecular formula is C18H17N3O2. The Hall–Kier alpha value is -3.08. The van der Waals surface area contributed by atoms with Crippen LogP contribution in [0.3, 0.4) is 0 Å². The molecule has 1 heterocycles. The average Bonchev–Trinajstić information content (AvgIpc) is 2.98. The normalized spacial score (nSPS) is 10.5. The van der Waals surface area contributed by atoms with Crippen LogP contribution in [0.15, 0.2) is 60.9 Å². The summed E-state index contributed by atoms with van der Waals surface area (Å²) in [6.07, 6.45) is 3.68. The first-order valence-corrected chi connectivity index (χ1v) is 7.29. The second kappa shape index (κ2) is 6.36. The van der Waals surface area contributed by atoms with Gasteiger partial charge in [0.25, 0.3) is 0 Å². The maximum Gasteiger partial charge on any atom is 0.221 e. The lowest BCUT2D eigenvalue weighted by Gasteiger charge is -2.09. The van der Waals surface area contributed by atoms with E-state index in [1.807, 2.05) is 47.2 Å². The number of phenols is 1. The summed E-state index contributed by atoms with van der Waals surface area (Å²) in [4.78, 5) is 15.5. The topological polar surface area (TPSA) is 67.2 Å². The zero-order valence-electron chi connectivity index (χ0n) is 12.7. The predicted octanol–water partition coefficient (Wildman–Crippen LogP) is 3.26. The summed E-state index contributed by atoms with van der Waals surface area (Å²) in [6, 6.07) is 14.7. The van der Waals surface area contributed by atoms with E-state index < -0.39 is 0 Å². The summed E-state index contributed by atoms with van der Waals surface area (Å²) >= 11 is 0. The van der Waals surface area contributed by atoms with Gasteiger partial charge in [-0.25, -0.2) is 4.98 Å². The number of phenolic OH excluding ortho intramolecular Hbond substituents is 1. The van der Waals surface area contributed by atoms with E-state index in [0.29, 0.717) is 6.54 Å². The molecule has 0 spiro atoms. The van der Waals surface area contributed by atoms with Gasteiger partial charge in [-0.05, 0) is 42.0 Å². The van der Waals surface area contributed by atoms with Crippen molar-refractivity contribution >= 4 is 11.6 Å². The molecule has 0 aliphatic heterocycles. The summed E-state index contributed by atoms with van der Waals surface area (Å²) in [5.41, 5.74) is 2.82. The number of carbonyl (C=O) groups is 1. The molecule has 2 N–H and O–H groups in total. The van der Waals surface area contributed by atoms with Crippen molar-refractivity contribution in [2.45, 2.75) is 13.5 Å². The van der Waals surface area contributed by atoms with E-state index in [1.54, 1.807) is 18.3 Å². The standard InChI is InChI=1S/C18H17N3O2/c1-13(22)20-16-6-4-15(5-7-16)18-19-10-11-21(18)12-14-2-8-17(23)9-3-14/h2-11,23H,12H2,1H3,(H,20,22). The van der Waals surface area contributed by atoms with Crippen molar-refractivity contribution in [3.63, 3.8) is 0 Å². The second-order valence-corrected chi connectivity index (χ2v) is 5.30. The van der Waals surface area contributed by atoms with Gasteiger partial charge in [0.2, 0.25) is 5.91 Å². The minimum Gasteiger partial charge on any atom is -0.508 e. The third kappa shape index (κ3) is 3.58. The first-order valence-electron chi connectivity index (χ1n) is 7.29. The lowest BCUT2D eigenvalue weighted by molar-refractivity contribution is -0.114. The highest BCUT2D eigenvalue weighted by Gasteiger charge is 2.07. The number of benzene rings is 2. The third-order valence-corrected chi connectivity index (χ3v) is 3.47. The summed E-state index contributed by atoms with van der Waals surface area (Å²) in [5, 5.41) is 12.1. The zero-order chi connectivity index (χ0) is 16.2. The van der Waals surface area contributed by atoms with Crippen molar-refractivity contribution in [2.24, 2.45) is 0 Å². The van der Waals surface area contributed by atoms with E-state index >= 15 is 0 Å². The SMILES string of the molecule is CC(=O)Nc1ccc(-c2nccn2Cc2ccc(O)cc2)cc1. The number of aromatic nitrogens is 2. The Morgan fingerprint density at radius 3 is 2.48 bits per heavy atom. The van der Waals surface area contributed by atoms with Crippen LogP contribution in [0, 0.1) is 0 Å². The van der Waals surface area contributed by atoms with E-state index in [2.05, 4.69) is 10.3 Å². The van der Waals surface area contributed by atoms with E-state index in [1.165, 1.54) is 6.92 Å². The molecule has 0 aliphatic carbocycles. The molecule has 0 atom stereocenters. The van der Waals surface area contributed by atoms with E-state index in [0.717, 1.165) is 22.6 Å². The Morgan fingerprint density at radius 2 is 1.83 bits per heavy atom. The summed E-state index contributed by atoms with van der Waals surface area (Å²) in [5.74, 6) is 1.02. The lowest BCUT2D eigenvalue weighted by atomic mass is 10.1. The van der Waals surface area contributed by atoms with Crippen molar-refractivity contribution in [1.29, 1.82) is 0 Å². The molecule has 0 aliphatic rings. The fourth-order valence-corrected chi connectivity index (χ4v) is 2.40. The van der Waals surface area contributed by atoms with Crippen molar-refractivity contribution in [1.82, 2.24) is 9.55 Å². The highest BCUT2D eigenvalue weighted by atomic mass is 16.3. The van der Waals surface area contributed by atoms with Gasteiger partial charge in [-0.2, -0.15) is 0 Å². The maximum absolute atomic E-state index is 11.1. The molecule has 0 saturated heterocycles. The van der Waals surface area contributed by atoms with Crippen molar-refractivity contribution in [3.8, 4) is 17.1 Å². The lowest BCUT2D eigenvalue weighted by Crippen LogP contribution is -2.05. The van der Waals surface area contributed by atoms with Crippen LogP contribution in [0.25, 0.3) is 11.4 Å². The quantitative estimate of drug-likeness (QED) is 0.777. The van der Waals surface area contributed by atoms with E-state index in [9.17, 15) is 9.90 Å². The van der Waals surface area contributed by atoms with Crippen LogP contribution in [0.4, 0.5) is 5.69 Å².